The molecule has 0 unspecified atom stereocenters. The van der Waals surface area contributed by atoms with E-state index in [2.05, 4.69) is 15.3 Å². The summed E-state index contributed by atoms with van der Waals surface area (Å²) in [6.45, 7) is 2.31. The number of hydrogen-bond donors (Lipinski definition) is 1. The molecule has 1 aliphatic heterocycles. The minimum atomic E-state index is -0.489. The van der Waals surface area contributed by atoms with Crippen molar-refractivity contribution in [3.63, 3.8) is 0 Å². The lowest BCUT2D eigenvalue weighted by Crippen LogP contribution is -2.39. The Labute approximate surface area is 166 Å². The van der Waals surface area contributed by atoms with E-state index in [1.165, 1.54) is 16.2 Å². The van der Waals surface area contributed by atoms with Crippen molar-refractivity contribution in [2.75, 3.05) is 11.9 Å². The number of carbonyl (C=O) groups excluding carboxylic acids is 1. The number of aryl methyl sites for hydroxylation is 1. The Morgan fingerprint density at radius 1 is 1.04 bits per heavy atom. The lowest BCUT2D eigenvalue weighted by atomic mass is 9.99. The van der Waals surface area contributed by atoms with Gasteiger partial charge in [-0.3, -0.25) is 5.32 Å². The van der Waals surface area contributed by atoms with E-state index in [9.17, 15) is 13.6 Å². The molecule has 0 saturated carbocycles. The maximum absolute atomic E-state index is 14.1. The average Bonchev–Trinajstić information content (AvgIpc) is 3.26. The highest BCUT2D eigenvalue weighted by molar-refractivity contribution is 7.28. The second kappa shape index (κ2) is 6.46. The maximum atomic E-state index is 14.1. The van der Waals surface area contributed by atoms with Crippen LogP contribution in [0.3, 0.4) is 0 Å². The fourth-order valence-electron chi connectivity index (χ4n) is 3.48. The predicted molar refractivity (Wildman–Crippen MR) is 107 cm³/mol. The lowest BCUT2D eigenvalue weighted by molar-refractivity contribution is 0.204. The van der Waals surface area contributed by atoms with Crippen LogP contribution in [0.5, 0.6) is 0 Å². The van der Waals surface area contributed by atoms with Crippen molar-refractivity contribution in [2.45, 2.75) is 19.9 Å². The first kappa shape index (κ1) is 17.4. The van der Waals surface area contributed by atoms with E-state index < -0.39 is 11.6 Å². The summed E-state index contributed by atoms with van der Waals surface area (Å²) in [5, 5.41) is 4.25. The number of benzene rings is 2. The van der Waals surface area contributed by atoms with Gasteiger partial charge in [0.25, 0.3) is 0 Å². The zero-order valence-electron chi connectivity index (χ0n) is 14.8. The molecule has 4 aromatic rings. The van der Waals surface area contributed by atoms with Gasteiger partial charge < -0.3 is 4.90 Å². The number of nitrogens with one attached hydrogen (secondary N) is 1. The zero-order valence-corrected chi connectivity index (χ0v) is 16.4. The molecule has 0 saturated heterocycles. The van der Waals surface area contributed by atoms with Crippen molar-refractivity contribution in [3.05, 3.63) is 52.0 Å². The van der Waals surface area contributed by atoms with Crippen LogP contribution in [0.25, 0.3) is 20.4 Å². The lowest BCUT2D eigenvalue weighted by Gasteiger charge is -2.29. The fraction of sp³-hybridized carbons (Fsp3) is 0.211. The molecule has 2 aromatic heterocycles. The van der Waals surface area contributed by atoms with Crippen LogP contribution in [0, 0.1) is 18.6 Å². The molecule has 5 nitrogen and oxygen atoms in total. The van der Waals surface area contributed by atoms with Crippen molar-refractivity contribution in [1.29, 1.82) is 0 Å². The van der Waals surface area contributed by atoms with E-state index in [1.54, 1.807) is 11.3 Å². The topological polar surface area (TPSA) is 58.1 Å². The average molecular weight is 416 g/mol. The van der Waals surface area contributed by atoms with Crippen molar-refractivity contribution < 1.29 is 13.6 Å². The standard InChI is InChI=1S/C19H14F2N4OS2/c1-9-22-14-4-5-15-17(16(14)27-9)28-18(23-15)24-19(26)25-7-6-10-11(8-25)13(21)3-2-12(10)20/h2-5H,6-8H2,1H3,(H,23,24,26). The number of urea groups is 1. The molecule has 0 spiro atoms. The number of aromatic nitrogens is 2. The molecule has 2 amide bonds. The van der Waals surface area contributed by atoms with Crippen LogP contribution < -0.4 is 5.32 Å². The van der Waals surface area contributed by atoms with Gasteiger partial charge in [0.1, 0.15) is 11.6 Å². The highest BCUT2D eigenvalue weighted by atomic mass is 32.1. The Kier molecular flexibility index (Phi) is 4.02. The Bertz CT molecular complexity index is 1250. The largest absolute Gasteiger partial charge is 0.323 e. The van der Waals surface area contributed by atoms with E-state index in [0.717, 1.165) is 37.6 Å². The first-order valence-corrected chi connectivity index (χ1v) is 10.3. The van der Waals surface area contributed by atoms with Gasteiger partial charge in [-0.15, -0.1) is 11.3 Å². The van der Waals surface area contributed by atoms with Crippen molar-refractivity contribution in [1.82, 2.24) is 14.9 Å². The summed E-state index contributed by atoms with van der Waals surface area (Å²) < 4.78 is 30.0. The summed E-state index contributed by atoms with van der Waals surface area (Å²) in [7, 11) is 0. The Balaban J connectivity index is 1.41. The molecule has 5 rings (SSSR count). The van der Waals surface area contributed by atoms with Gasteiger partial charge in [0.2, 0.25) is 0 Å². The van der Waals surface area contributed by atoms with E-state index >= 15 is 0 Å². The Morgan fingerprint density at radius 3 is 2.50 bits per heavy atom. The summed E-state index contributed by atoms with van der Waals surface area (Å²) in [4.78, 5) is 23.1. The molecule has 1 aliphatic rings. The number of carbonyl (C=O) groups is 1. The summed E-state index contributed by atoms with van der Waals surface area (Å²) in [6, 6.07) is 5.67. The monoisotopic (exact) mass is 416 g/mol. The van der Waals surface area contributed by atoms with Crippen LogP contribution in [0.1, 0.15) is 16.1 Å². The van der Waals surface area contributed by atoms with Crippen molar-refractivity contribution in [2.24, 2.45) is 0 Å². The number of nitrogens with zero attached hydrogens (tertiary/aromatic N) is 3. The number of amides is 2. The molecule has 2 aromatic carbocycles. The first-order chi connectivity index (χ1) is 13.5. The number of rotatable bonds is 1. The molecule has 0 fully saturated rings. The van der Waals surface area contributed by atoms with Crippen LogP contribution in [-0.4, -0.2) is 27.4 Å². The van der Waals surface area contributed by atoms with E-state index in [0.29, 0.717) is 17.2 Å². The molecular formula is C19H14F2N4OS2. The van der Waals surface area contributed by atoms with Gasteiger partial charge in [0.05, 0.1) is 32.0 Å². The van der Waals surface area contributed by atoms with Gasteiger partial charge in [-0.05, 0) is 43.2 Å². The normalized spacial score (nSPS) is 13.9. The summed E-state index contributed by atoms with van der Waals surface area (Å²) >= 11 is 2.99. The third kappa shape index (κ3) is 2.82. The molecule has 0 bridgehead atoms. The smallest absolute Gasteiger partial charge is 0.320 e. The second-order valence-electron chi connectivity index (χ2n) is 6.60. The quantitative estimate of drug-likeness (QED) is 0.471. The van der Waals surface area contributed by atoms with Gasteiger partial charge in [-0.25, -0.2) is 23.5 Å². The molecule has 0 radical (unpaired) electrons. The van der Waals surface area contributed by atoms with Gasteiger partial charge in [-0.1, -0.05) is 11.3 Å². The van der Waals surface area contributed by atoms with Crippen LogP contribution in [0.2, 0.25) is 0 Å². The third-order valence-electron chi connectivity index (χ3n) is 4.82. The summed E-state index contributed by atoms with van der Waals surface area (Å²) in [6.07, 6.45) is 0.285. The zero-order chi connectivity index (χ0) is 19.4. The number of fused-ring (bicyclic) bond motifs is 4. The highest BCUT2D eigenvalue weighted by Crippen LogP contribution is 2.36. The van der Waals surface area contributed by atoms with Gasteiger partial charge >= 0.3 is 6.03 Å². The third-order valence-corrected chi connectivity index (χ3v) is 6.95. The van der Waals surface area contributed by atoms with Crippen LogP contribution in [0.15, 0.2) is 24.3 Å². The van der Waals surface area contributed by atoms with E-state index in [4.69, 9.17) is 0 Å². The molecule has 0 aliphatic carbocycles. The highest BCUT2D eigenvalue weighted by Gasteiger charge is 2.26. The minimum Gasteiger partial charge on any atom is -0.320 e. The molecule has 28 heavy (non-hydrogen) atoms. The van der Waals surface area contributed by atoms with Gasteiger partial charge in [0, 0.05) is 12.1 Å². The Hall–Kier alpha value is -2.65. The summed E-state index contributed by atoms with van der Waals surface area (Å²) in [5.74, 6) is -0.914. The van der Waals surface area contributed by atoms with Crippen molar-refractivity contribution >= 4 is 54.3 Å². The molecule has 142 valence electrons. The number of halogens is 2. The Morgan fingerprint density at radius 2 is 1.71 bits per heavy atom. The molecule has 1 N–H and O–H groups in total. The van der Waals surface area contributed by atoms with E-state index in [1.807, 2.05) is 19.1 Å². The van der Waals surface area contributed by atoms with Crippen LogP contribution >= 0.6 is 22.7 Å². The first-order valence-electron chi connectivity index (χ1n) is 8.68. The molecular weight excluding hydrogens is 402 g/mol. The molecule has 3 heterocycles. The number of anilines is 1. The summed E-state index contributed by atoms with van der Waals surface area (Å²) in [5.41, 5.74) is 2.31. The van der Waals surface area contributed by atoms with Gasteiger partial charge in [0.15, 0.2) is 5.13 Å². The maximum Gasteiger partial charge on any atom is 0.323 e. The fourth-order valence-corrected chi connectivity index (χ4v) is 5.47. The van der Waals surface area contributed by atoms with Crippen LogP contribution in [-0.2, 0) is 13.0 Å². The molecule has 0 atom stereocenters. The van der Waals surface area contributed by atoms with Crippen LogP contribution in [0.4, 0.5) is 18.7 Å². The van der Waals surface area contributed by atoms with Crippen molar-refractivity contribution in [3.8, 4) is 0 Å². The van der Waals surface area contributed by atoms with Gasteiger partial charge in [-0.2, -0.15) is 0 Å². The second-order valence-corrected chi connectivity index (χ2v) is 8.80. The SMILES string of the molecule is Cc1nc2ccc3nc(NC(=O)N4CCc5c(F)ccc(F)c5C4)sc3c2s1. The van der Waals surface area contributed by atoms with E-state index in [-0.39, 0.29) is 24.6 Å². The predicted octanol–water partition coefficient (Wildman–Crippen LogP) is 5.08. The number of thiazole rings is 2. The number of hydrogen-bond acceptors (Lipinski definition) is 5. The molecule has 9 heteroatoms. The minimum absolute atomic E-state index is 0.0357.